The van der Waals surface area contributed by atoms with Gasteiger partial charge in [-0.25, -0.2) is 18.4 Å². The third kappa shape index (κ3) is 4.24. The summed E-state index contributed by atoms with van der Waals surface area (Å²) in [4.78, 5) is 10.5. The van der Waals surface area contributed by atoms with Gasteiger partial charge in [0.1, 0.15) is 18.7 Å². The molecule has 1 saturated heterocycles. The molecule has 2 heterocycles. The number of sulfonamides is 1. The highest BCUT2D eigenvalue weighted by molar-refractivity contribution is 7.88. The van der Waals surface area contributed by atoms with Crippen LogP contribution in [0.1, 0.15) is 12.8 Å². The zero-order valence-electron chi connectivity index (χ0n) is 14.1. The van der Waals surface area contributed by atoms with E-state index in [2.05, 4.69) is 9.97 Å². The minimum atomic E-state index is -4.57. The van der Waals surface area contributed by atoms with Gasteiger partial charge in [-0.15, -0.1) is 0 Å². The molecule has 1 aliphatic rings. The lowest BCUT2D eigenvalue weighted by Gasteiger charge is -2.38. The lowest BCUT2D eigenvalue weighted by Crippen LogP contribution is -2.50. The second-order valence-corrected chi connectivity index (χ2v) is 8.29. The highest BCUT2D eigenvalue weighted by Gasteiger charge is 2.39. The van der Waals surface area contributed by atoms with Crippen LogP contribution in [0.5, 0.6) is 0 Å². The summed E-state index contributed by atoms with van der Waals surface area (Å²) >= 11 is 0. The van der Waals surface area contributed by atoms with Gasteiger partial charge in [0.2, 0.25) is 10.0 Å². The van der Waals surface area contributed by atoms with Crippen molar-refractivity contribution in [2.24, 2.45) is 0 Å². The van der Waals surface area contributed by atoms with Crippen LogP contribution >= 0.6 is 0 Å². The first-order valence-electron chi connectivity index (χ1n) is 8.13. The van der Waals surface area contributed by atoms with E-state index in [0.29, 0.717) is 30.2 Å². The van der Waals surface area contributed by atoms with Crippen molar-refractivity contribution in [1.29, 1.82) is 0 Å². The van der Waals surface area contributed by atoms with Gasteiger partial charge >= 0.3 is 6.18 Å². The molecule has 0 aliphatic carbocycles. The summed E-state index contributed by atoms with van der Waals surface area (Å²) in [6.45, 7) is -0.599. The molecule has 1 aromatic carbocycles. The summed E-state index contributed by atoms with van der Waals surface area (Å²) in [5, 5.41) is 0.865. The number of nitrogens with zero attached hydrogens (tertiary/aromatic N) is 4. The standard InChI is InChI=1S/C16H19F3N4O2S/c1-26(24,25)23(10-16(17,18)19)12-6-8-22(9-7-12)15-13-4-2-3-5-14(13)20-11-21-15/h2-5,11-12H,6-10H2,1H3. The highest BCUT2D eigenvalue weighted by Crippen LogP contribution is 2.29. The molecule has 0 N–H and O–H groups in total. The van der Waals surface area contributed by atoms with E-state index in [1.54, 1.807) is 0 Å². The van der Waals surface area contributed by atoms with Gasteiger partial charge in [-0.1, -0.05) is 12.1 Å². The van der Waals surface area contributed by atoms with E-state index in [4.69, 9.17) is 0 Å². The van der Waals surface area contributed by atoms with Gasteiger partial charge in [-0.3, -0.25) is 0 Å². The predicted octanol–water partition coefficient (Wildman–Crippen LogP) is 2.42. The largest absolute Gasteiger partial charge is 0.402 e. The normalized spacial score (nSPS) is 17.2. The zero-order chi connectivity index (χ0) is 18.9. The Morgan fingerprint density at radius 2 is 1.85 bits per heavy atom. The molecule has 0 spiro atoms. The average Bonchev–Trinajstić information content (AvgIpc) is 2.58. The average molecular weight is 388 g/mol. The van der Waals surface area contributed by atoms with Crippen LogP contribution in [-0.4, -0.2) is 60.8 Å². The summed E-state index contributed by atoms with van der Waals surface area (Å²) < 4.78 is 62.5. The molecule has 0 amide bonds. The number of rotatable bonds is 4. The predicted molar refractivity (Wildman–Crippen MR) is 92.4 cm³/mol. The van der Waals surface area contributed by atoms with Gasteiger partial charge in [0.05, 0.1) is 11.8 Å². The Balaban J connectivity index is 1.77. The number of piperidine rings is 1. The molecule has 1 aromatic heterocycles. The maximum Gasteiger partial charge on any atom is 0.402 e. The maximum atomic E-state index is 12.8. The van der Waals surface area contributed by atoms with E-state index in [-0.39, 0.29) is 0 Å². The molecule has 6 nitrogen and oxygen atoms in total. The molecular formula is C16H19F3N4O2S. The Kier molecular flexibility index (Phi) is 5.07. The smallest absolute Gasteiger partial charge is 0.356 e. The topological polar surface area (TPSA) is 66.4 Å². The third-order valence-corrected chi connectivity index (χ3v) is 5.73. The van der Waals surface area contributed by atoms with Gasteiger partial charge in [0, 0.05) is 24.5 Å². The second-order valence-electron chi connectivity index (χ2n) is 6.36. The highest BCUT2D eigenvalue weighted by atomic mass is 32.2. The molecule has 0 bridgehead atoms. The van der Waals surface area contributed by atoms with E-state index >= 15 is 0 Å². The molecule has 0 atom stereocenters. The van der Waals surface area contributed by atoms with Gasteiger partial charge in [-0.05, 0) is 25.0 Å². The second kappa shape index (κ2) is 6.99. The fourth-order valence-electron chi connectivity index (χ4n) is 3.30. The van der Waals surface area contributed by atoms with E-state index < -0.39 is 28.8 Å². The van der Waals surface area contributed by atoms with Gasteiger partial charge < -0.3 is 4.90 Å². The van der Waals surface area contributed by atoms with Gasteiger partial charge in [0.25, 0.3) is 0 Å². The fourth-order valence-corrected chi connectivity index (χ4v) is 4.44. The number of benzene rings is 1. The molecular weight excluding hydrogens is 369 g/mol. The Labute approximate surface area is 149 Å². The van der Waals surface area contributed by atoms with Crippen LogP contribution in [0.15, 0.2) is 30.6 Å². The minimum Gasteiger partial charge on any atom is -0.356 e. The van der Waals surface area contributed by atoms with Crippen molar-refractivity contribution in [3.63, 3.8) is 0 Å². The Morgan fingerprint density at radius 3 is 2.46 bits per heavy atom. The first kappa shape index (κ1) is 18.8. The summed E-state index contributed by atoms with van der Waals surface area (Å²) in [6.07, 6.45) is -1.68. The van der Waals surface area contributed by atoms with Crippen LogP contribution in [0.3, 0.4) is 0 Å². The van der Waals surface area contributed by atoms with Gasteiger partial charge in [0.15, 0.2) is 0 Å². The maximum absolute atomic E-state index is 12.8. The number of para-hydroxylation sites is 1. The Bertz CT molecular complexity index is 875. The van der Waals surface area contributed by atoms with Crippen molar-refractivity contribution in [2.45, 2.75) is 25.1 Å². The fraction of sp³-hybridized carbons (Fsp3) is 0.500. The van der Waals surface area contributed by atoms with Crippen LogP contribution < -0.4 is 4.90 Å². The molecule has 10 heteroatoms. The van der Waals surface area contributed by atoms with E-state index in [1.165, 1.54) is 6.33 Å². The van der Waals surface area contributed by atoms with Crippen molar-refractivity contribution in [3.8, 4) is 0 Å². The van der Waals surface area contributed by atoms with Crippen molar-refractivity contribution >= 4 is 26.7 Å². The first-order chi connectivity index (χ1) is 12.1. The SMILES string of the molecule is CS(=O)(=O)N(CC(F)(F)F)C1CCN(c2ncnc3ccccc23)CC1. The van der Waals surface area contributed by atoms with Crippen LogP contribution in [0.2, 0.25) is 0 Å². The number of fused-ring (bicyclic) bond motifs is 1. The van der Waals surface area contributed by atoms with Crippen LogP contribution in [0.25, 0.3) is 10.9 Å². The van der Waals surface area contributed by atoms with Crippen LogP contribution in [0.4, 0.5) is 19.0 Å². The lowest BCUT2D eigenvalue weighted by atomic mass is 10.0. The number of hydrogen-bond acceptors (Lipinski definition) is 5. The monoisotopic (exact) mass is 388 g/mol. The number of anilines is 1. The molecule has 26 heavy (non-hydrogen) atoms. The number of halogens is 3. The van der Waals surface area contributed by atoms with E-state index in [1.807, 2.05) is 29.2 Å². The van der Waals surface area contributed by atoms with Crippen molar-refractivity contribution < 1.29 is 21.6 Å². The van der Waals surface area contributed by atoms with E-state index in [9.17, 15) is 21.6 Å². The van der Waals surface area contributed by atoms with Crippen molar-refractivity contribution in [2.75, 3.05) is 30.8 Å². The molecule has 1 aliphatic heterocycles. The number of alkyl halides is 3. The van der Waals surface area contributed by atoms with Crippen LogP contribution in [-0.2, 0) is 10.0 Å². The molecule has 1 fully saturated rings. The summed E-state index contributed by atoms with van der Waals surface area (Å²) in [7, 11) is -3.95. The Hall–Kier alpha value is -1.94. The quantitative estimate of drug-likeness (QED) is 0.805. The number of aromatic nitrogens is 2. The summed E-state index contributed by atoms with van der Waals surface area (Å²) in [6, 6.07) is 6.82. The molecule has 0 radical (unpaired) electrons. The minimum absolute atomic E-state index is 0.307. The first-order valence-corrected chi connectivity index (χ1v) is 9.98. The Morgan fingerprint density at radius 1 is 1.19 bits per heavy atom. The summed E-state index contributed by atoms with van der Waals surface area (Å²) in [5.41, 5.74) is 0.787. The molecule has 0 saturated carbocycles. The van der Waals surface area contributed by atoms with Gasteiger partial charge in [-0.2, -0.15) is 17.5 Å². The lowest BCUT2D eigenvalue weighted by molar-refractivity contribution is -0.139. The van der Waals surface area contributed by atoms with Crippen molar-refractivity contribution in [1.82, 2.24) is 14.3 Å². The third-order valence-electron chi connectivity index (χ3n) is 4.45. The van der Waals surface area contributed by atoms with Crippen molar-refractivity contribution in [3.05, 3.63) is 30.6 Å². The molecule has 2 aromatic rings. The number of hydrogen-bond donors (Lipinski definition) is 0. The zero-order valence-corrected chi connectivity index (χ0v) is 15.0. The molecule has 3 rings (SSSR count). The molecule has 0 unspecified atom stereocenters. The summed E-state index contributed by atoms with van der Waals surface area (Å²) in [5.74, 6) is 0.718. The van der Waals surface area contributed by atoms with Crippen LogP contribution in [0, 0.1) is 0 Å². The molecule has 142 valence electrons. The van der Waals surface area contributed by atoms with E-state index in [0.717, 1.165) is 23.0 Å².